The molecule has 0 aromatic heterocycles. The Labute approximate surface area is 90.8 Å². The van der Waals surface area contributed by atoms with E-state index in [4.69, 9.17) is 10.7 Å². The fourth-order valence-corrected chi connectivity index (χ4v) is 2.01. The topological polar surface area (TPSA) is 38.5 Å². The molecule has 0 radical (unpaired) electrons. The van der Waals surface area contributed by atoms with Crippen molar-refractivity contribution in [3.8, 4) is 0 Å². The van der Waals surface area contributed by atoms with Crippen molar-refractivity contribution in [3.63, 3.8) is 0 Å². The molecule has 0 atom stereocenters. The Bertz CT molecular complexity index is 302. The molecule has 1 aromatic rings. The first kappa shape index (κ1) is 10.5. The van der Waals surface area contributed by atoms with Crippen molar-refractivity contribution in [2.75, 3.05) is 18.0 Å². The number of rotatable bonds is 2. The van der Waals surface area contributed by atoms with Crippen LogP contribution in [-0.2, 0) is 4.84 Å². The summed E-state index contributed by atoms with van der Waals surface area (Å²) in [6.07, 6.45) is 2.28. The number of benzene rings is 1. The van der Waals surface area contributed by atoms with Crippen molar-refractivity contribution < 1.29 is 4.84 Å². The molecule has 0 bridgehead atoms. The van der Waals surface area contributed by atoms with E-state index in [1.54, 1.807) is 0 Å². The molecule has 0 unspecified atom stereocenters. The largest absolute Gasteiger partial charge is 0.371 e. The van der Waals surface area contributed by atoms with E-state index < -0.39 is 0 Å². The second kappa shape index (κ2) is 4.64. The Morgan fingerprint density at radius 3 is 2.33 bits per heavy atom. The van der Waals surface area contributed by atoms with E-state index in [1.807, 2.05) is 0 Å². The molecular weight excluding hydrogens is 188 g/mol. The fraction of sp³-hybridized carbons (Fsp3) is 0.500. The van der Waals surface area contributed by atoms with Gasteiger partial charge in [-0.15, -0.1) is 0 Å². The lowest BCUT2D eigenvalue weighted by Crippen LogP contribution is -2.37. The third kappa shape index (κ3) is 2.49. The Morgan fingerprint density at radius 2 is 1.80 bits per heavy atom. The minimum Gasteiger partial charge on any atom is -0.371 e. The summed E-state index contributed by atoms with van der Waals surface area (Å²) in [6, 6.07) is 8.67. The van der Waals surface area contributed by atoms with Gasteiger partial charge in [0.2, 0.25) is 0 Å². The van der Waals surface area contributed by atoms with E-state index in [0.29, 0.717) is 0 Å². The molecule has 0 aliphatic carbocycles. The van der Waals surface area contributed by atoms with Gasteiger partial charge < -0.3 is 9.74 Å². The van der Waals surface area contributed by atoms with Crippen LogP contribution in [0.3, 0.4) is 0 Å². The first-order valence-corrected chi connectivity index (χ1v) is 5.47. The van der Waals surface area contributed by atoms with Crippen LogP contribution in [0.2, 0.25) is 0 Å². The van der Waals surface area contributed by atoms with E-state index in [1.165, 1.54) is 11.3 Å². The molecule has 15 heavy (non-hydrogen) atoms. The molecule has 0 spiro atoms. The molecule has 3 heteroatoms. The van der Waals surface area contributed by atoms with Gasteiger partial charge in [0, 0.05) is 18.8 Å². The molecule has 1 aliphatic heterocycles. The smallest absolute Gasteiger partial charge is 0.0821 e. The summed E-state index contributed by atoms with van der Waals surface area (Å²) in [5, 5.41) is 0. The zero-order valence-corrected chi connectivity index (χ0v) is 9.15. The highest BCUT2D eigenvalue weighted by atomic mass is 16.6. The molecule has 1 saturated heterocycles. The molecule has 2 N–H and O–H groups in total. The number of anilines is 1. The number of aryl methyl sites for hydroxylation is 1. The summed E-state index contributed by atoms with van der Waals surface area (Å²) < 4.78 is 0. The molecule has 2 rings (SSSR count). The van der Waals surface area contributed by atoms with Gasteiger partial charge >= 0.3 is 0 Å². The van der Waals surface area contributed by atoms with Crippen LogP contribution in [-0.4, -0.2) is 19.2 Å². The second-order valence-electron chi connectivity index (χ2n) is 4.16. The first-order valence-electron chi connectivity index (χ1n) is 5.47. The minimum atomic E-state index is 0.242. The highest BCUT2D eigenvalue weighted by Gasteiger charge is 2.18. The quantitative estimate of drug-likeness (QED) is 0.750. The monoisotopic (exact) mass is 206 g/mol. The maximum Gasteiger partial charge on any atom is 0.0821 e. The average molecular weight is 206 g/mol. The van der Waals surface area contributed by atoms with Crippen molar-refractivity contribution in [1.82, 2.24) is 0 Å². The highest BCUT2D eigenvalue weighted by molar-refractivity contribution is 5.47. The second-order valence-corrected chi connectivity index (χ2v) is 4.16. The van der Waals surface area contributed by atoms with Crippen LogP contribution in [0.25, 0.3) is 0 Å². The molecule has 1 heterocycles. The van der Waals surface area contributed by atoms with Gasteiger partial charge in [-0.05, 0) is 31.9 Å². The van der Waals surface area contributed by atoms with Crippen LogP contribution in [0.4, 0.5) is 5.69 Å². The molecule has 82 valence electrons. The highest BCUT2D eigenvalue weighted by Crippen LogP contribution is 2.20. The number of piperidine rings is 1. The van der Waals surface area contributed by atoms with Gasteiger partial charge in [-0.2, -0.15) is 0 Å². The molecule has 0 amide bonds. The predicted octanol–water partition coefficient (Wildman–Crippen LogP) is 1.85. The maximum atomic E-state index is 5.19. The van der Waals surface area contributed by atoms with Gasteiger partial charge in [-0.1, -0.05) is 17.7 Å². The normalized spacial score (nSPS) is 18.1. The third-order valence-electron chi connectivity index (χ3n) is 3.03. The summed E-state index contributed by atoms with van der Waals surface area (Å²) in [6.45, 7) is 4.17. The summed E-state index contributed by atoms with van der Waals surface area (Å²) in [4.78, 5) is 7.25. The standard InChI is InChI=1S/C12H18N2O/c1-10-2-4-11(5-3-10)14-8-6-12(15-13)7-9-14/h2-5,12H,6-9,13H2,1H3. The molecule has 3 nitrogen and oxygen atoms in total. The van der Waals surface area contributed by atoms with E-state index in [9.17, 15) is 0 Å². The van der Waals surface area contributed by atoms with E-state index in [2.05, 4.69) is 36.1 Å². The van der Waals surface area contributed by atoms with Crippen molar-refractivity contribution in [3.05, 3.63) is 29.8 Å². The van der Waals surface area contributed by atoms with Crippen LogP contribution < -0.4 is 10.8 Å². The van der Waals surface area contributed by atoms with Crippen LogP contribution in [0.1, 0.15) is 18.4 Å². The molecule has 1 aromatic carbocycles. The zero-order chi connectivity index (χ0) is 10.7. The SMILES string of the molecule is Cc1ccc(N2CCC(ON)CC2)cc1. The zero-order valence-electron chi connectivity index (χ0n) is 9.15. The van der Waals surface area contributed by atoms with E-state index in [0.717, 1.165) is 25.9 Å². The molecule has 1 aliphatic rings. The predicted molar refractivity (Wildman–Crippen MR) is 61.7 cm³/mol. The average Bonchev–Trinajstić information content (AvgIpc) is 2.30. The molecular formula is C12H18N2O. The summed E-state index contributed by atoms with van der Waals surface area (Å²) in [5.41, 5.74) is 2.61. The van der Waals surface area contributed by atoms with Gasteiger partial charge in [0.05, 0.1) is 6.10 Å². The van der Waals surface area contributed by atoms with Crippen LogP contribution in [0, 0.1) is 6.92 Å². The van der Waals surface area contributed by atoms with Gasteiger partial charge in [0.1, 0.15) is 0 Å². The summed E-state index contributed by atoms with van der Waals surface area (Å²) in [7, 11) is 0. The lowest BCUT2D eigenvalue weighted by Gasteiger charge is -2.32. The molecule has 0 saturated carbocycles. The first-order chi connectivity index (χ1) is 7.29. The van der Waals surface area contributed by atoms with Gasteiger partial charge in [0.15, 0.2) is 0 Å². The number of hydrogen-bond donors (Lipinski definition) is 1. The summed E-state index contributed by atoms with van der Waals surface area (Å²) >= 11 is 0. The van der Waals surface area contributed by atoms with Crippen LogP contribution in [0.15, 0.2) is 24.3 Å². The van der Waals surface area contributed by atoms with Crippen molar-refractivity contribution >= 4 is 5.69 Å². The Kier molecular flexibility index (Phi) is 3.23. The van der Waals surface area contributed by atoms with Crippen molar-refractivity contribution in [1.29, 1.82) is 0 Å². The van der Waals surface area contributed by atoms with E-state index in [-0.39, 0.29) is 6.10 Å². The Morgan fingerprint density at radius 1 is 1.20 bits per heavy atom. The lowest BCUT2D eigenvalue weighted by atomic mass is 10.1. The minimum absolute atomic E-state index is 0.242. The summed E-state index contributed by atoms with van der Waals surface area (Å²) in [5.74, 6) is 5.19. The maximum absolute atomic E-state index is 5.19. The number of hydrogen-bond acceptors (Lipinski definition) is 3. The van der Waals surface area contributed by atoms with Crippen molar-refractivity contribution in [2.24, 2.45) is 5.90 Å². The Balaban J connectivity index is 1.98. The third-order valence-corrected chi connectivity index (χ3v) is 3.03. The van der Waals surface area contributed by atoms with Crippen LogP contribution >= 0.6 is 0 Å². The van der Waals surface area contributed by atoms with Crippen molar-refractivity contribution in [2.45, 2.75) is 25.9 Å². The van der Waals surface area contributed by atoms with Gasteiger partial charge in [-0.3, -0.25) is 0 Å². The number of nitrogens with zero attached hydrogens (tertiary/aromatic N) is 1. The van der Waals surface area contributed by atoms with E-state index >= 15 is 0 Å². The van der Waals surface area contributed by atoms with Gasteiger partial charge in [-0.25, -0.2) is 5.90 Å². The number of nitrogens with two attached hydrogens (primary N) is 1. The fourth-order valence-electron chi connectivity index (χ4n) is 2.01. The Hall–Kier alpha value is -1.06. The van der Waals surface area contributed by atoms with Gasteiger partial charge in [0.25, 0.3) is 0 Å². The lowest BCUT2D eigenvalue weighted by molar-refractivity contribution is 0.0368. The van der Waals surface area contributed by atoms with Crippen LogP contribution in [0.5, 0.6) is 0 Å². The molecule has 1 fully saturated rings.